The second kappa shape index (κ2) is 14.8. The molecule has 0 unspecified atom stereocenters. The third-order valence-electron chi connectivity index (χ3n) is 4.58. The summed E-state index contributed by atoms with van der Waals surface area (Å²) < 4.78 is 24.6. The molecule has 0 aliphatic carbocycles. The van der Waals surface area contributed by atoms with E-state index < -0.39 is 9.84 Å². The number of amides is 1. The smallest absolute Gasteiger partial charge is 0.251 e. The molecule has 2 aromatic rings. The van der Waals surface area contributed by atoms with Gasteiger partial charge in [0, 0.05) is 32.2 Å². The Morgan fingerprint density at radius 3 is 2.41 bits per heavy atom. The molecule has 0 atom stereocenters. The lowest BCUT2D eigenvalue weighted by atomic mass is 10.1. The maximum absolute atomic E-state index is 12.3. The number of hydrogen-bond acceptors (Lipinski definition) is 4. The summed E-state index contributed by atoms with van der Waals surface area (Å²) in [7, 11) is -1.54. The molecular weight excluding hydrogens is 539 g/mol. The first kappa shape index (κ1) is 27.9. The monoisotopic (exact) mass is 572 g/mol. The number of carbonyl (C=O) groups is 1. The van der Waals surface area contributed by atoms with Gasteiger partial charge < -0.3 is 16.0 Å². The molecule has 2 aromatic carbocycles. The van der Waals surface area contributed by atoms with Crippen LogP contribution in [0.25, 0.3) is 0 Å². The molecule has 3 N–H and O–H groups in total. The lowest BCUT2D eigenvalue weighted by molar-refractivity contribution is 0.0963. The quantitative estimate of drug-likeness (QED) is 0.167. The molecule has 1 amide bonds. The van der Waals surface area contributed by atoms with E-state index in [1.54, 1.807) is 13.1 Å². The van der Waals surface area contributed by atoms with E-state index in [0.29, 0.717) is 37.6 Å². The Labute approximate surface area is 208 Å². The van der Waals surface area contributed by atoms with Gasteiger partial charge in [0.05, 0.1) is 11.5 Å². The summed E-state index contributed by atoms with van der Waals surface area (Å²) in [5, 5.41) is 9.05. The van der Waals surface area contributed by atoms with Gasteiger partial charge in [0.15, 0.2) is 15.8 Å². The predicted octanol–water partition coefficient (Wildman–Crippen LogP) is 2.77. The Morgan fingerprint density at radius 1 is 1.00 bits per heavy atom. The molecule has 0 aromatic heterocycles. The van der Waals surface area contributed by atoms with Crippen LogP contribution in [0.1, 0.15) is 34.8 Å². The van der Waals surface area contributed by atoms with Crippen molar-refractivity contribution in [2.45, 2.75) is 25.5 Å². The first-order valence-electron chi connectivity index (χ1n) is 10.5. The van der Waals surface area contributed by atoms with E-state index in [2.05, 4.69) is 20.9 Å². The Balaban J connectivity index is 0.00000512. The van der Waals surface area contributed by atoms with Gasteiger partial charge in [0.25, 0.3) is 5.91 Å². The van der Waals surface area contributed by atoms with Crippen LogP contribution in [0, 0.1) is 0 Å². The van der Waals surface area contributed by atoms with E-state index in [1.165, 1.54) is 0 Å². The first-order valence-corrected chi connectivity index (χ1v) is 12.3. The van der Waals surface area contributed by atoms with Crippen molar-refractivity contribution in [3.8, 4) is 0 Å². The van der Waals surface area contributed by atoms with Crippen molar-refractivity contribution in [2.24, 2.45) is 4.99 Å². The van der Waals surface area contributed by atoms with E-state index in [4.69, 9.17) is 0 Å². The summed E-state index contributed by atoms with van der Waals surface area (Å²) in [5.41, 5.74) is 2.50. The molecule has 0 bridgehead atoms. The van der Waals surface area contributed by atoms with Gasteiger partial charge in [-0.3, -0.25) is 9.79 Å². The van der Waals surface area contributed by atoms with Crippen molar-refractivity contribution < 1.29 is 13.2 Å². The van der Waals surface area contributed by atoms with Gasteiger partial charge in [-0.05, 0) is 43.0 Å². The fourth-order valence-corrected chi connectivity index (χ4v) is 4.47. The summed E-state index contributed by atoms with van der Waals surface area (Å²) in [6.45, 7) is 3.77. The van der Waals surface area contributed by atoms with Crippen molar-refractivity contribution in [3.05, 3.63) is 71.3 Å². The largest absolute Gasteiger partial charge is 0.357 e. The van der Waals surface area contributed by atoms with E-state index in [9.17, 15) is 13.2 Å². The van der Waals surface area contributed by atoms with Crippen LogP contribution in [-0.2, 0) is 22.0 Å². The standard InChI is InChI=1S/C23H32N4O3S.HI/c1-3-25-23(27-15-13-19-11-7-12-21(17-19)22(28)24-2)26-14-8-16-31(29,30)18-20-9-5-4-6-10-20;/h4-7,9-12,17H,3,8,13-16,18H2,1-2H3,(H,24,28)(H2,25,26,27);1H. The SMILES string of the molecule is CCNC(=NCCCS(=O)(=O)Cc1ccccc1)NCCc1cccc(C(=O)NC)c1.I. The van der Waals surface area contributed by atoms with Gasteiger partial charge in [-0.15, -0.1) is 24.0 Å². The summed E-state index contributed by atoms with van der Waals surface area (Å²) in [4.78, 5) is 16.2. The molecule has 32 heavy (non-hydrogen) atoms. The average Bonchev–Trinajstić information content (AvgIpc) is 2.76. The van der Waals surface area contributed by atoms with Crippen LogP contribution >= 0.6 is 24.0 Å². The Bertz CT molecular complexity index is 966. The molecule has 7 nitrogen and oxygen atoms in total. The Morgan fingerprint density at radius 2 is 1.72 bits per heavy atom. The second-order valence-electron chi connectivity index (χ2n) is 7.15. The molecule has 0 aliphatic rings. The fourth-order valence-electron chi connectivity index (χ4n) is 3.06. The van der Waals surface area contributed by atoms with Crippen molar-refractivity contribution in [3.63, 3.8) is 0 Å². The maximum atomic E-state index is 12.3. The number of carbonyl (C=O) groups excluding carboxylic acids is 1. The number of nitrogens with zero attached hydrogens (tertiary/aromatic N) is 1. The zero-order valence-electron chi connectivity index (χ0n) is 18.6. The van der Waals surface area contributed by atoms with Gasteiger partial charge in [0.1, 0.15) is 0 Å². The van der Waals surface area contributed by atoms with Gasteiger partial charge in [0.2, 0.25) is 0 Å². The minimum atomic E-state index is -3.15. The van der Waals surface area contributed by atoms with Crippen LogP contribution < -0.4 is 16.0 Å². The van der Waals surface area contributed by atoms with Crippen molar-refractivity contribution >= 4 is 45.7 Å². The molecule has 0 aliphatic heterocycles. The van der Waals surface area contributed by atoms with Crippen LogP contribution in [0.5, 0.6) is 0 Å². The number of nitrogens with one attached hydrogen (secondary N) is 3. The average molecular weight is 573 g/mol. The van der Waals surface area contributed by atoms with Crippen molar-refractivity contribution in [2.75, 3.05) is 32.4 Å². The highest BCUT2D eigenvalue weighted by atomic mass is 127. The van der Waals surface area contributed by atoms with Crippen LogP contribution in [0.4, 0.5) is 0 Å². The van der Waals surface area contributed by atoms with Crippen LogP contribution in [0.2, 0.25) is 0 Å². The molecule has 0 fully saturated rings. The lowest BCUT2D eigenvalue weighted by Gasteiger charge is -2.12. The van der Waals surface area contributed by atoms with E-state index in [0.717, 1.165) is 17.5 Å². The number of benzene rings is 2. The van der Waals surface area contributed by atoms with Crippen LogP contribution in [0.15, 0.2) is 59.6 Å². The highest BCUT2D eigenvalue weighted by molar-refractivity contribution is 14.0. The van der Waals surface area contributed by atoms with E-state index in [-0.39, 0.29) is 41.4 Å². The summed E-state index contributed by atoms with van der Waals surface area (Å²) in [6, 6.07) is 16.7. The molecule has 2 rings (SSSR count). The first-order chi connectivity index (χ1) is 14.9. The Kier molecular flexibility index (Phi) is 12.9. The zero-order chi connectivity index (χ0) is 22.5. The van der Waals surface area contributed by atoms with Gasteiger partial charge in [-0.25, -0.2) is 8.42 Å². The number of hydrogen-bond donors (Lipinski definition) is 3. The fraction of sp³-hybridized carbons (Fsp3) is 0.391. The minimum absolute atomic E-state index is 0. The molecule has 0 saturated heterocycles. The molecule has 0 spiro atoms. The predicted molar refractivity (Wildman–Crippen MR) is 141 cm³/mol. The minimum Gasteiger partial charge on any atom is -0.357 e. The maximum Gasteiger partial charge on any atom is 0.251 e. The highest BCUT2D eigenvalue weighted by Gasteiger charge is 2.11. The summed E-state index contributed by atoms with van der Waals surface area (Å²) in [6.07, 6.45) is 1.21. The van der Waals surface area contributed by atoms with Crippen LogP contribution in [0.3, 0.4) is 0 Å². The summed E-state index contributed by atoms with van der Waals surface area (Å²) in [5.74, 6) is 0.722. The molecule has 9 heteroatoms. The van der Waals surface area contributed by atoms with Crippen molar-refractivity contribution in [1.29, 1.82) is 0 Å². The third-order valence-corrected chi connectivity index (χ3v) is 6.26. The number of rotatable bonds is 11. The number of guanidine groups is 1. The number of sulfone groups is 1. The van der Waals surface area contributed by atoms with Gasteiger partial charge in [-0.1, -0.05) is 42.5 Å². The van der Waals surface area contributed by atoms with Gasteiger partial charge in [-0.2, -0.15) is 0 Å². The highest BCUT2D eigenvalue weighted by Crippen LogP contribution is 2.07. The molecule has 0 heterocycles. The topological polar surface area (TPSA) is 99.7 Å². The molecule has 0 radical (unpaired) electrons. The second-order valence-corrected chi connectivity index (χ2v) is 9.33. The third kappa shape index (κ3) is 10.4. The van der Waals surface area contributed by atoms with Gasteiger partial charge >= 0.3 is 0 Å². The molecular formula is C23H33IN4O3S. The molecule has 0 saturated carbocycles. The van der Waals surface area contributed by atoms with E-state index in [1.807, 2.05) is 55.5 Å². The van der Waals surface area contributed by atoms with Crippen molar-refractivity contribution in [1.82, 2.24) is 16.0 Å². The van der Waals surface area contributed by atoms with E-state index >= 15 is 0 Å². The number of aliphatic imine (C=N–C) groups is 1. The lowest BCUT2D eigenvalue weighted by Crippen LogP contribution is -2.38. The van der Waals surface area contributed by atoms with Crippen LogP contribution in [-0.4, -0.2) is 52.7 Å². The molecule has 176 valence electrons. The number of halogens is 1. The normalized spacial score (nSPS) is 11.4. The zero-order valence-corrected chi connectivity index (χ0v) is 21.8. The Hall–Kier alpha value is -2.14. The summed E-state index contributed by atoms with van der Waals surface area (Å²) >= 11 is 0.